The molecule has 0 aliphatic carbocycles. The molecule has 2 aromatic rings. The summed E-state index contributed by atoms with van der Waals surface area (Å²) in [5, 5.41) is 6.23. The van der Waals surface area contributed by atoms with E-state index in [0.29, 0.717) is 10.6 Å². The maximum Gasteiger partial charge on any atom is 0.405 e. The zero-order valence-electron chi connectivity index (χ0n) is 21.0. The third-order valence-corrected chi connectivity index (χ3v) is 5.84. The molecule has 0 aliphatic heterocycles. The third kappa shape index (κ3) is 9.60. The Labute approximate surface area is 236 Å². The molecule has 3 N–H and O–H groups in total. The van der Waals surface area contributed by atoms with E-state index >= 15 is 0 Å². The quantitative estimate of drug-likeness (QED) is 0.192. The minimum absolute atomic E-state index is 0.166. The van der Waals surface area contributed by atoms with Gasteiger partial charge in [0.1, 0.15) is 12.6 Å². The molecule has 1 unspecified atom stereocenters. The summed E-state index contributed by atoms with van der Waals surface area (Å²) < 4.78 is 66.1. The first kappa shape index (κ1) is 32.7. The van der Waals surface area contributed by atoms with Crippen LogP contribution < -0.4 is 16.0 Å². The van der Waals surface area contributed by atoms with Gasteiger partial charge in [-0.3, -0.25) is 19.2 Å². The van der Waals surface area contributed by atoms with Crippen molar-refractivity contribution in [1.29, 1.82) is 0 Å². The van der Waals surface area contributed by atoms with Crippen molar-refractivity contribution in [2.45, 2.75) is 38.0 Å². The van der Waals surface area contributed by atoms with Gasteiger partial charge in [0.05, 0.1) is 6.04 Å². The molecule has 2 atom stereocenters. The van der Waals surface area contributed by atoms with Crippen molar-refractivity contribution < 1.29 is 41.1 Å². The number of rotatable bonds is 11. The van der Waals surface area contributed by atoms with Crippen LogP contribution in [0.25, 0.3) is 6.08 Å². The molecule has 0 saturated heterocycles. The summed E-state index contributed by atoms with van der Waals surface area (Å²) in [5.41, 5.74) is 0.767. The molecule has 2 rings (SSSR count). The lowest BCUT2D eigenvalue weighted by molar-refractivity contribution is -0.165. The molecule has 3 amide bonds. The number of alkyl halides is 5. The molecule has 14 heteroatoms. The Morgan fingerprint density at radius 1 is 0.850 bits per heavy atom. The van der Waals surface area contributed by atoms with Crippen LogP contribution in [0.1, 0.15) is 31.0 Å². The predicted molar refractivity (Wildman–Crippen MR) is 139 cm³/mol. The number of Topliss-reactive ketones (excluding diaryl/α,β-unsaturated/α-hetero) is 1. The minimum atomic E-state index is -4.99. The molecule has 2 aromatic carbocycles. The summed E-state index contributed by atoms with van der Waals surface area (Å²) in [7, 11) is 0. The molecule has 0 radical (unpaired) electrons. The van der Waals surface area contributed by atoms with Crippen LogP contribution in [-0.4, -0.2) is 48.2 Å². The number of benzene rings is 2. The number of ketones is 1. The van der Waals surface area contributed by atoms with Gasteiger partial charge < -0.3 is 16.0 Å². The molecule has 0 saturated carbocycles. The number of hydrogen-bond donors (Lipinski definition) is 3. The zero-order valence-corrected chi connectivity index (χ0v) is 22.5. The standard InChI is InChI=1S/C26H24Cl2F5N3O4/c1-14(2)20(22(38)26(32,33)24(40)34-13-25(29,30)31)36-23(39)21(16-6-10-18(28)11-7-16)35-19(37)12-5-15-3-8-17(27)9-4-15/h3-12,14,20-21H,13H2,1-2H3,(H,34,40)(H,35,37)(H,36,39)/b12-5+/t20-,21?/m0/s1. The summed E-state index contributed by atoms with van der Waals surface area (Å²) in [6, 6.07) is 8.46. The second-order valence-electron chi connectivity index (χ2n) is 8.84. The highest BCUT2D eigenvalue weighted by molar-refractivity contribution is 6.30. The van der Waals surface area contributed by atoms with Crippen molar-refractivity contribution in [3.8, 4) is 0 Å². The lowest BCUT2D eigenvalue weighted by atomic mass is 9.94. The lowest BCUT2D eigenvalue weighted by Crippen LogP contribution is -2.58. The second kappa shape index (κ2) is 13.7. The van der Waals surface area contributed by atoms with E-state index in [2.05, 4.69) is 10.6 Å². The molecule has 0 heterocycles. The largest absolute Gasteiger partial charge is 0.405 e. The SMILES string of the molecule is CC(C)[C@H](NC(=O)C(NC(=O)/C=C/c1ccc(Cl)cc1)c1ccc(Cl)cc1)C(=O)C(F)(F)C(=O)NCC(F)(F)F. The highest BCUT2D eigenvalue weighted by atomic mass is 35.5. The van der Waals surface area contributed by atoms with Gasteiger partial charge in [-0.05, 0) is 47.4 Å². The van der Waals surface area contributed by atoms with E-state index in [1.165, 1.54) is 44.2 Å². The summed E-state index contributed by atoms with van der Waals surface area (Å²) in [5.74, 6) is -12.4. The van der Waals surface area contributed by atoms with Crippen LogP contribution >= 0.6 is 23.2 Å². The topological polar surface area (TPSA) is 104 Å². The van der Waals surface area contributed by atoms with Gasteiger partial charge in [0, 0.05) is 16.1 Å². The molecule has 40 heavy (non-hydrogen) atoms. The van der Waals surface area contributed by atoms with Crippen LogP contribution in [0.15, 0.2) is 54.6 Å². The molecule has 0 spiro atoms. The fraction of sp³-hybridized carbons (Fsp3) is 0.308. The molecule has 0 fully saturated rings. The molecular formula is C26H24Cl2F5N3O4. The van der Waals surface area contributed by atoms with E-state index in [1.54, 1.807) is 24.3 Å². The lowest BCUT2D eigenvalue weighted by Gasteiger charge is -2.27. The van der Waals surface area contributed by atoms with Gasteiger partial charge in [-0.1, -0.05) is 61.3 Å². The number of hydrogen-bond acceptors (Lipinski definition) is 4. The van der Waals surface area contributed by atoms with E-state index in [9.17, 15) is 41.1 Å². The van der Waals surface area contributed by atoms with Crippen LogP contribution in [0.4, 0.5) is 22.0 Å². The van der Waals surface area contributed by atoms with Crippen molar-refractivity contribution in [3.63, 3.8) is 0 Å². The Kier molecular flexibility index (Phi) is 11.2. The van der Waals surface area contributed by atoms with E-state index < -0.39 is 60.1 Å². The fourth-order valence-electron chi connectivity index (χ4n) is 3.26. The fourth-order valence-corrected chi connectivity index (χ4v) is 3.51. The van der Waals surface area contributed by atoms with Crippen LogP contribution in [0.5, 0.6) is 0 Å². The average molecular weight is 608 g/mol. The van der Waals surface area contributed by atoms with Gasteiger partial charge in [-0.25, -0.2) is 0 Å². The van der Waals surface area contributed by atoms with Gasteiger partial charge in [0.15, 0.2) is 0 Å². The summed E-state index contributed by atoms with van der Waals surface area (Å²) in [6.45, 7) is 0.468. The monoisotopic (exact) mass is 607 g/mol. The predicted octanol–water partition coefficient (Wildman–Crippen LogP) is 4.89. The van der Waals surface area contributed by atoms with Crippen molar-refractivity contribution in [3.05, 3.63) is 75.8 Å². The normalized spacial score (nSPS) is 13.6. The molecule has 0 bridgehead atoms. The Balaban J connectivity index is 2.28. The van der Waals surface area contributed by atoms with Gasteiger partial charge in [-0.2, -0.15) is 22.0 Å². The third-order valence-electron chi connectivity index (χ3n) is 5.34. The van der Waals surface area contributed by atoms with Gasteiger partial charge in [-0.15, -0.1) is 0 Å². The highest BCUT2D eigenvalue weighted by Gasteiger charge is 2.52. The Hall–Kier alpha value is -3.51. The first-order valence-electron chi connectivity index (χ1n) is 11.6. The second-order valence-corrected chi connectivity index (χ2v) is 9.72. The first-order valence-corrected chi connectivity index (χ1v) is 12.3. The van der Waals surface area contributed by atoms with Crippen LogP contribution in [0.3, 0.4) is 0 Å². The van der Waals surface area contributed by atoms with Crippen LogP contribution in [-0.2, 0) is 19.2 Å². The zero-order chi connectivity index (χ0) is 30.3. The molecule has 0 aromatic heterocycles. The van der Waals surface area contributed by atoms with Crippen molar-refractivity contribution >= 4 is 52.8 Å². The van der Waals surface area contributed by atoms with Crippen molar-refractivity contribution in [1.82, 2.24) is 16.0 Å². The van der Waals surface area contributed by atoms with E-state index in [0.717, 1.165) is 11.4 Å². The van der Waals surface area contributed by atoms with Gasteiger partial charge in [0.25, 0.3) is 5.91 Å². The highest BCUT2D eigenvalue weighted by Crippen LogP contribution is 2.23. The number of nitrogens with one attached hydrogen (secondary N) is 3. The maximum atomic E-state index is 14.5. The minimum Gasteiger partial charge on any atom is -0.344 e. The number of amides is 3. The van der Waals surface area contributed by atoms with E-state index in [4.69, 9.17) is 23.2 Å². The Bertz CT molecular complexity index is 1250. The molecular weight excluding hydrogens is 584 g/mol. The number of carbonyl (C=O) groups excluding carboxylic acids is 4. The Morgan fingerprint density at radius 3 is 1.88 bits per heavy atom. The van der Waals surface area contributed by atoms with Gasteiger partial charge >= 0.3 is 12.1 Å². The van der Waals surface area contributed by atoms with Crippen molar-refractivity contribution in [2.75, 3.05) is 6.54 Å². The number of carbonyl (C=O) groups is 4. The number of halogens is 7. The van der Waals surface area contributed by atoms with Crippen LogP contribution in [0.2, 0.25) is 10.0 Å². The molecule has 216 valence electrons. The molecule has 0 aliphatic rings. The summed E-state index contributed by atoms with van der Waals surface area (Å²) in [4.78, 5) is 50.1. The van der Waals surface area contributed by atoms with Gasteiger partial charge in [0.2, 0.25) is 17.6 Å². The smallest absolute Gasteiger partial charge is 0.344 e. The van der Waals surface area contributed by atoms with Crippen molar-refractivity contribution in [2.24, 2.45) is 5.92 Å². The average Bonchev–Trinajstić information content (AvgIpc) is 2.88. The summed E-state index contributed by atoms with van der Waals surface area (Å²) >= 11 is 11.7. The van der Waals surface area contributed by atoms with E-state index in [-0.39, 0.29) is 10.6 Å². The Morgan fingerprint density at radius 2 is 1.38 bits per heavy atom. The van der Waals surface area contributed by atoms with Crippen LogP contribution in [0, 0.1) is 5.92 Å². The molecule has 7 nitrogen and oxygen atoms in total. The maximum absolute atomic E-state index is 14.5. The summed E-state index contributed by atoms with van der Waals surface area (Å²) in [6.07, 6.45) is -2.47. The first-order chi connectivity index (χ1) is 18.5. The van der Waals surface area contributed by atoms with E-state index in [1.807, 2.05) is 0 Å².